The molecule has 1 heterocycles. The molecule has 1 aliphatic heterocycles. The van der Waals surface area contributed by atoms with E-state index in [2.05, 4.69) is 4.74 Å². The Morgan fingerprint density at radius 2 is 1.42 bits per heavy atom. The second-order valence-electron chi connectivity index (χ2n) is 5.36. The minimum Gasteiger partial charge on any atom is -0.478 e. The maximum absolute atomic E-state index is 12.7. The van der Waals surface area contributed by atoms with Gasteiger partial charge in [-0.15, -0.1) is 0 Å². The summed E-state index contributed by atoms with van der Waals surface area (Å²) in [6.45, 7) is 2.58. The molecule has 128 valence electrons. The van der Waals surface area contributed by atoms with Crippen molar-refractivity contribution in [3.05, 3.63) is 35.4 Å². The fraction of sp³-hybridized carbons (Fsp3) is 0.375. The molecule has 8 nitrogen and oxygen atoms in total. The van der Waals surface area contributed by atoms with Gasteiger partial charge in [0.15, 0.2) is 0 Å². The number of benzene rings is 1. The van der Waals surface area contributed by atoms with Crippen LogP contribution >= 0.6 is 0 Å². The van der Waals surface area contributed by atoms with Crippen molar-refractivity contribution in [1.29, 1.82) is 0 Å². The molecule has 0 bridgehead atoms. The first kappa shape index (κ1) is 17.5. The first-order valence-electron chi connectivity index (χ1n) is 7.22. The maximum Gasteiger partial charge on any atom is 0.349 e. The number of fused-ring (bicyclic) bond motifs is 1. The Morgan fingerprint density at radius 1 is 0.958 bits per heavy atom. The summed E-state index contributed by atoms with van der Waals surface area (Å²) >= 11 is 0. The SMILES string of the molecule is CC(=O)O[C@@H](C(=O)O)[C@@H](OC(C)=O)C(=O)N1Cc2ccccc2C1. The minimum absolute atomic E-state index is 0.263. The first-order valence-corrected chi connectivity index (χ1v) is 7.22. The fourth-order valence-electron chi connectivity index (χ4n) is 2.51. The van der Waals surface area contributed by atoms with E-state index in [-0.39, 0.29) is 13.1 Å². The smallest absolute Gasteiger partial charge is 0.349 e. The topological polar surface area (TPSA) is 110 Å². The van der Waals surface area contributed by atoms with E-state index in [1.165, 1.54) is 4.90 Å². The zero-order valence-electron chi connectivity index (χ0n) is 13.2. The van der Waals surface area contributed by atoms with Crippen molar-refractivity contribution < 1.29 is 33.8 Å². The number of carbonyl (C=O) groups is 4. The molecule has 1 amide bonds. The zero-order chi connectivity index (χ0) is 17.9. The number of aliphatic carboxylic acids is 1. The van der Waals surface area contributed by atoms with E-state index in [1.807, 2.05) is 24.3 Å². The van der Waals surface area contributed by atoms with Crippen LogP contribution in [0.5, 0.6) is 0 Å². The lowest BCUT2D eigenvalue weighted by Gasteiger charge is -2.26. The van der Waals surface area contributed by atoms with Crippen LogP contribution in [-0.2, 0) is 41.7 Å². The zero-order valence-corrected chi connectivity index (χ0v) is 13.2. The molecule has 1 aromatic rings. The molecule has 0 saturated carbocycles. The van der Waals surface area contributed by atoms with E-state index < -0.39 is 36.0 Å². The van der Waals surface area contributed by atoms with Gasteiger partial charge in [-0.3, -0.25) is 14.4 Å². The summed E-state index contributed by atoms with van der Waals surface area (Å²) in [6.07, 6.45) is -3.64. The summed E-state index contributed by atoms with van der Waals surface area (Å²) in [7, 11) is 0. The highest BCUT2D eigenvalue weighted by atomic mass is 16.6. The molecule has 0 fully saturated rings. The molecule has 0 spiro atoms. The van der Waals surface area contributed by atoms with Crippen molar-refractivity contribution in [1.82, 2.24) is 4.90 Å². The normalized spacial score (nSPS) is 15.2. The van der Waals surface area contributed by atoms with Crippen molar-refractivity contribution in [3.8, 4) is 0 Å². The first-order chi connectivity index (χ1) is 11.3. The van der Waals surface area contributed by atoms with E-state index in [4.69, 9.17) is 4.74 Å². The molecular weight excluding hydrogens is 318 g/mol. The van der Waals surface area contributed by atoms with Gasteiger partial charge in [-0.25, -0.2) is 4.79 Å². The number of esters is 2. The molecule has 1 aliphatic rings. The Hall–Kier alpha value is -2.90. The van der Waals surface area contributed by atoms with Gasteiger partial charge < -0.3 is 19.5 Å². The summed E-state index contributed by atoms with van der Waals surface area (Å²) in [5.41, 5.74) is 1.85. The van der Waals surface area contributed by atoms with Crippen LogP contribution in [0.2, 0.25) is 0 Å². The summed E-state index contributed by atoms with van der Waals surface area (Å²) in [5.74, 6) is -4.03. The van der Waals surface area contributed by atoms with Gasteiger partial charge in [0.25, 0.3) is 5.91 Å². The molecule has 2 atom stereocenters. The standard InChI is InChI=1S/C16H17NO7/c1-9(18)23-13(14(16(21)22)24-10(2)19)15(20)17-7-11-5-3-4-6-12(11)8-17/h3-6,13-14H,7-8H2,1-2H3,(H,21,22)/t13-,14-/m1/s1. The number of hydrogen-bond acceptors (Lipinski definition) is 6. The van der Waals surface area contributed by atoms with Crippen LogP contribution in [0, 0.1) is 0 Å². The number of carbonyl (C=O) groups excluding carboxylic acids is 3. The third-order valence-corrected chi connectivity index (χ3v) is 3.50. The lowest BCUT2D eigenvalue weighted by molar-refractivity contribution is -0.183. The predicted octanol–water partition coefficient (Wildman–Crippen LogP) is 0.477. The quantitative estimate of drug-likeness (QED) is 0.779. The number of hydrogen-bond donors (Lipinski definition) is 1. The van der Waals surface area contributed by atoms with E-state index in [0.29, 0.717) is 0 Å². The van der Waals surface area contributed by atoms with E-state index >= 15 is 0 Å². The molecule has 1 aromatic carbocycles. The van der Waals surface area contributed by atoms with Crippen molar-refractivity contribution >= 4 is 23.8 Å². The maximum atomic E-state index is 12.7. The summed E-state index contributed by atoms with van der Waals surface area (Å²) in [6, 6.07) is 7.36. The van der Waals surface area contributed by atoms with Gasteiger partial charge in [-0.05, 0) is 11.1 Å². The predicted molar refractivity (Wildman–Crippen MR) is 79.4 cm³/mol. The number of ether oxygens (including phenoxy) is 2. The third-order valence-electron chi connectivity index (χ3n) is 3.50. The van der Waals surface area contributed by atoms with Crippen LogP contribution in [0.25, 0.3) is 0 Å². The second-order valence-corrected chi connectivity index (χ2v) is 5.36. The lowest BCUT2D eigenvalue weighted by atomic mass is 10.1. The largest absolute Gasteiger partial charge is 0.478 e. The average molecular weight is 335 g/mol. The van der Waals surface area contributed by atoms with Crippen LogP contribution in [0.3, 0.4) is 0 Å². The molecule has 0 unspecified atom stereocenters. The minimum atomic E-state index is -1.90. The third kappa shape index (κ3) is 3.89. The second kappa shape index (κ2) is 7.12. The van der Waals surface area contributed by atoms with E-state index in [0.717, 1.165) is 25.0 Å². The molecule has 0 saturated heterocycles. The summed E-state index contributed by atoms with van der Waals surface area (Å²) in [5, 5.41) is 9.23. The molecular formula is C16H17NO7. The number of nitrogens with zero attached hydrogens (tertiary/aromatic N) is 1. The van der Waals surface area contributed by atoms with Gasteiger partial charge in [0.2, 0.25) is 12.2 Å². The van der Waals surface area contributed by atoms with Crippen LogP contribution in [-0.4, -0.2) is 46.0 Å². The van der Waals surface area contributed by atoms with Crippen molar-refractivity contribution in [2.45, 2.75) is 39.1 Å². The van der Waals surface area contributed by atoms with Crippen LogP contribution in [0.1, 0.15) is 25.0 Å². The van der Waals surface area contributed by atoms with Gasteiger partial charge in [0, 0.05) is 26.9 Å². The Morgan fingerprint density at radius 3 is 1.83 bits per heavy atom. The van der Waals surface area contributed by atoms with Crippen LogP contribution in [0.4, 0.5) is 0 Å². The monoisotopic (exact) mass is 335 g/mol. The number of carboxylic acids is 1. The van der Waals surface area contributed by atoms with E-state index in [9.17, 15) is 24.3 Å². The van der Waals surface area contributed by atoms with Crippen molar-refractivity contribution in [3.63, 3.8) is 0 Å². The molecule has 0 radical (unpaired) electrons. The highest BCUT2D eigenvalue weighted by Gasteiger charge is 2.42. The molecule has 0 aromatic heterocycles. The Labute approximate surface area is 138 Å². The molecule has 0 aliphatic carbocycles. The molecule has 24 heavy (non-hydrogen) atoms. The number of amides is 1. The van der Waals surface area contributed by atoms with Crippen LogP contribution in [0.15, 0.2) is 24.3 Å². The van der Waals surface area contributed by atoms with Gasteiger partial charge >= 0.3 is 17.9 Å². The van der Waals surface area contributed by atoms with Gasteiger partial charge in [-0.1, -0.05) is 24.3 Å². The Balaban J connectivity index is 2.24. The Bertz CT molecular complexity index is 660. The highest BCUT2D eigenvalue weighted by Crippen LogP contribution is 2.24. The highest BCUT2D eigenvalue weighted by molar-refractivity contribution is 5.91. The van der Waals surface area contributed by atoms with Gasteiger partial charge in [0.05, 0.1) is 0 Å². The van der Waals surface area contributed by atoms with Gasteiger partial charge in [-0.2, -0.15) is 0 Å². The number of carboxylic acid groups (broad SMARTS) is 1. The van der Waals surface area contributed by atoms with E-state index in [1.54, 1.807) is 0 Å². The van der Waals surface area contributed by atoms with Crippen molar-refractivity contribution in [2.24, 2.45) is 0 Å². The van der Waals surface area contributed by atoms with Crippen molar-refractivity contribution in [2.75, 3.05) is 0 Å². The molecule has 8 heteroatoms. The summed E-state index contributed by atoms with van der Waals surface area (Å²) < 4.78 is 9.53. The Kier molecular flexibility index (Phi) is 5.18. The number of rotatable bonds is 5. The summed E-state index contributed by atoms with van der Waals surface area (Å²) in [4.78, 5) is 47.8. The molecule has 1 N–H and O–H groups in total. The fourth-order valence-corrected chi connectivity index (χ4v) is 2.51. The average Bonchev–Trinajstić information content (AvgIpc) is 2.93. The molecule has 2 rings (SSSR count). The van der Waals surface area contributed by atoms with Crippen LogP contribution < -0.4 is 0 Å². The van der Waals surface area contributed by atoms with Gasteiger partial charge in [0.1, 0.15) is 0 Å². The lowest BCUT2D eigenvalue weighted by Crippen LogP contribution is -2.50.